The van der Waals surface area contributed by atoms with Crippen molar-refractivity contribution in [1.82, 2.24) is 4.68 Å². The molecular weight excluding hydrogens is 548 g/mol. The molecule has 1 aromatic heterocycles. The fourth-order valence-corrected chi connectivity index (χ4v) is 6.24. The zero-order chi connectivity index (χ0) is 28.0. The Balaban J connectivity index is 1.56. The number of morpholine rings is 1. The third-order valence-electron chi connectivity index (χ3n) is 7.03. The molecule has 10 nitrogen and oxygen atoms in total. The molecule has 0 unspecified atom stereocenters. The number of methoxy groups -OCH3 is 1. The van der Waals surface area contributed by atoms with Gasteiger partial charge in [0.15, 0.2) is 18.2 Å². The molecule has 6 rings (SSSR count). The minimum atomic E-state index is -1.06. The van der Waals surface area contributed by atoms with E-state index in [1.807, 2.05) is 24.3 Å². The van der Waals surface area contributed by atoms with E-state index in [1.54, 1.807) is 4.58 Å². The summed E-state index contributed by atoms with van der Waals surface area (Å²) in [6.45, 7) is 0.190. The van der Waals surface area contributed by atoms with Gasteiger partial charge in [0.1, 0.15) is 13.2 Å². The lowest BCUT2D eigenvalue weighted by atomic mass is 9.92. The number of carbonyl (C=O) groups excluding carboxylic acids is 1. The van der Waals surface area contributed by atoms with Gasteiger partial charge in [-0.15, -0.1) is 11.8 Å². The van der Waals surface area contributed by atoms with Gasteiger partial charge in [0.2, 0.25) is 23.7 Å². The molecular formula is C27H24F2N3O7S+. The SMILES string of the molecule is COC(=O)OCOc1c2n(c(-c3cc(F)c(F)c4c3Cc3ccccc3SC4)cc1=O)N[C@@H]1COCC[N+]1=C2O. The Labute approximate surface area is 230 Å². The van der Waals surface area contributed by atoms with Gasteiger partial charge >= 0.3 is 12.1 Å². The van der Waals surface area contributed by atoms with Gasteiger partial charge in [0, 0.05) is 27.8 Å². The van der Waals surface area contributed by atoms with Crippen molar-refractivity contribution in [2.24, 2.45) is 0 Å². The van der Waals surface area contributed by atoms with Crippen LogP contribution in [0.15, 0.2) is 46.1 Å². The van der Waals surface area contributed by atoms with Gasteiger partial charge < -0.3 is 24.1 Å². The van der Waals surface area contributed by atoms with E-state index in [-0.39, 0.29) is 46.5 Å². The Kier molecular flexibility index (Phi) is 6.84. The molecule has 13 heteroatoms. The Morgan fingerprint density at radius 3 is 2.92 bits per heavy atom. The first-order valence-electron chi connectivity index (χ1n) is 12.4. The van der Waals surface area contributed by atoms with E-state index in [2.05, 4.69) is 10.2 Å². The van der Waals surface area contributed by atoms with Gasteiger partial charge in [-0.1, -0.05) is 18.2 Å². The Morgan fingerprint density at radius 1 is 1.27 bits per heavy atom. The van der Waals surface area contributed by atoms with Crippen LogP contribution in [0, 0.1) is 11.6 Å². The molecule has 0 spiro atoms. The summed E-state index contributed by atoms with van der Waals surface area (Å²) < 4.78 is 53.5. The molecule has 0 radical (unpaired) electrons. The second-order valence-corrected chi connectivity index (χ2v) is 10.3. The van der Waals surface area contributed by atoms with Crippen molar-refractivity contribution >= 4 is 23.8 Å². The first-order valence-corrected chi connectivity index (χ1v) is 13.4. The summed E-state index contributed by atoms with van der Waals surface area (Å²) in [6.07, 6.45) is -1.25. The number of aliphatic hydroxyl groups excluding tert-OH is 1. The monoisotopic (exact) mass is 572 g/mol. The van der Waals surface area contributed by atoms with E-state index in [0.29, 0.717) is 25.1 Å². The van der Waals surface area contributed by atoms with E-state index >= 15 is 8.78 Å². The standard InChI is InChI=1S/C27H23F2N3O7S/c1-36-27(35)39-13-38-25-20(33)10-19(32-24(25)26(34)31-6-7-37-11-22(31)30-32)16-9-18(28)23(29)17-12-40-21-5-3-2-4-14(21)8-15(16)17/h2-5,9-10,22,30H,6-8,11-13H2,1H3/p+1/t22-/m0/s1. The van der Waals surface area contributed by atoms with Gasteiger partial charge in [-0.25, -0.2) is 18.3 Å². The molecule has 1 atom stereocenters. The second kappa shape index (κ2) is 10.5. The Bertz CT molecular complexity index is 1620. The molecule has 0 amide bonds. The maximum absolute atomic E-state index is 15.2. The molecule has 40 heavy (non-hydrogen) atoms. The highest BCUT2D eigenvalue weighted by molar-refractivity contribution is 7.98. The van der Waals surface area contributed by atoms with Gasteiger partial charge in [-0.2, -0.15) is 4.58 Å². The fraction of sp³-hybridized carbons (Fsp3) is 0.296. The van der Waals surface area contributed by atoms with Crippen LogP contribution in [-0.4, -0.2) is 66.2 Å². The number of ether oxygens (including phenoxy) is 4. The third kappa shape index (κ3) is 4.44. The van der Waals surface area contributed by atoms with Crippen LogP contribution >= 0.6 is 11.8 Å². The third-order valence-corrected chi connectivity index (χ3v) is 8.17. The molecule has 1 fully saturated rings. The van der Waals surface area contributed by atoms with Crippen molar-refractivity contribution in [3.05, 3.63) is 80.6 Å². The smallest absolute Gasteiger partial charge is 0.458 e. The van der Waals surface area contributed by atoms with Crippen LogP contribution in [0.5, 0.6) is 5.75 Å². The number of thioether (sulfide) groups is 1. The van der Waals surface area contributed by atoms with E-state index in [0.717, 1.165) is 23.6 Å². The first-order chi connectivity index (χ1) is 19.4. The molecule has 3 aliphatic heterocycles. The molecule has 2 aromatic carbocycles. The lowest BCUT2D eigenvalue weighted by Gasteiger charge is -2.31. The molecule has 208 valence electrons. The number of nitrogens with zero attached hydrogens (tertiary/aromatic N) is 2. The van der Waals surface area contributed by atoms with Crippen molar-refractivity contribution < 1.29 is 42.2 Å². The summed E-state index contributed by atoms with van der Waals surface area (Å²) in [5.74, 6) is -2.39. The quantitative estimate of drug-likeness (QED) is 0.276. The molecule has 3 aromatic rings. The highest BCUT2D eigenvalue weighted by atomic mass is 32.2. The van der Waals surface area contributed by atoms with Crippen LogP contribution in [0.3, 0.4) is 0 Å². The molecule has 0 bridgehead atoms. The lowest BCUT2D eigenvalue weighted by Crippen LogP contribution is -2.54. The minimum absolute atomic E-state index is 0.0593. The van der Waals surface area contributed by atoms with Gasteiger partial charge in [0.05, 0.1) is 12.8 Å². The minimum Gasteiger partial charge on any atom is -0.458 e. The number of pyridine rings is 1. The number of hydrogen-bond acceptors (Lipinski definition) is 8. The second-order valence-electron chi connectivity index (χ2n) is 9.25. The number of benzene rings is 2. The predicted octanol–water partition coefficient (Wildman–Crippen LogP) is 3.34. The summed E-state index contributed by atoms with van der Waals surface area (Å²) >= 11 is 1.41. The lowest BCUT2D eigenvalue weighted by molar-refractivity contribution is -0.591. The summed E-state index contributed by atoms with van der Waals surface area (Å²) in [5, 5.41) is 11.3. The normalized spacial score (nSPS) is 17.4. The molecule has 1 saturated heterocycles. The number of aromatic nitrogens is 1. The van der Waals surface area contributed by atoms with Crippen molar-refractivity contribution in [2.45, 2.75) is 23.2 Å². The number of hydrogen-bond donors (Lipinski definition) is 2. The maximum Gasteiger partial charge on any atom is 0.510 e. The Morgan fingerprint density at radius 2 is 2.10 bits per heavy atom. The molecule has 4 heterocycles. The number of halogens is 2. The van der Waals surface area contributed by atoms with Crippen molar-refractivity contribution in [2.75, 3.05) is 39.1 Å². The van der Waals surface area contributed by atoms with Gasteiger partial charge in [0.25, 0.3) is 6.17 Å². The Hall–Kier alpha value is -4.10. The van der Waals surface area contributed by atoms with Crippen molar-refractivity contribution in [1.29, 1.82) is 0 Å². The predicted molar refractivity (Wildman–Crippen MR) is 140 cm³/mol. The summed E-state index contributed by atoms with van der Waals surface area (Å²) in [4.78, 5) is 25.8. The summed E-state index contributed by atoms with van der Waals surface area (Å²) in [6, 6.07) is 9.91. The van der Waals surface area contributed by atoms with Crippen LogP contribution in [0.1, 0.15) is 22.4 Å². The highest BCUT2D eigenvalue weighted by Crippen LogP contribution is 2.40. The average molecular weight is 573 g/mol. The maximum atomic E-state index is 15.2. The van der Waals surface area contributed by atoms with Crippen LogP contribution in [0.2, 0.25) is 0 Å². The fourth-order valence-electron chi connectivity index (χ4n) is 5.14. The first kappa shape index (κ1) is 26.1. The van der Waals surface area contributed by atoms with Crippen LogP contribution in [0.25, 0.3) is 11.3 Å². The van der Waals surface area contributed by atoms with E-state index < -0.39 is 36.2 Å². The van der Waals surface area contributed by atoms with Gasteiger partial charge in [-0.3, -0.25) is 10.2 Å². The van der Waals surface area contributed by atoms with E-state index in [4.69, 9.17) is 14.2 Å². The van der Waals surface area contributed by atoms with Crippen molar-refractivity contribution in [3.8, 4) is 17.0 Å². The highest BCUT2D eigenvalue weighted by Gasteiger charge is 2.41. The van der Waals surface area contributed by atoms with Crippen LogP contribution in [0.4, 0.5) is 13.6 Å². The summed E-state index contributed by atoms with van der Waals surface area (Å²) in [5.41, 5.74) is 4.63. The van der Waals surface area contributed by atoms with Crippen LogP contribution in [-0.2, 0) is 26.4 Å². The number of fused-ring (bicyclic) bond motifs is 4. The topological polar surface area (TPSA) is 111 Å². The zero-order valence-electron chi connectivity index (χ0n) is 21.2. The van der Waals surface area contributed by atoms with E-state index in [1.165, 1.54) is 22.5 Å². The number of nitrogens with one attached hydrogen (secondary N) is 1. The average Bonchev–Trinajstić information content (AvgIpc) is 3.16. The molecule has 0 saturated carbocycles. The zero-order valence-corrected chi connectivity index (χ0v) is 22.1. The summed E-state index contributed by atoms with van der Waals surface area (Å²) in [7, 11) is 1.12. The van der Waals surface area contributed by atoms with E-state index in [9.17, 15) is 14.7 Å². The molecule has 2 N–H and O–H groups in total. The largest absolute Gasteiger partial charge is 0.510 e. The van der Waals surface area contributed by atoms with Gasteiger partial charge in [-0.05, 0) is 29.7 Å². The number of aliphatic hydroxyl groups is 1. The van der Waals surface area contributed by atoms with Crippen LogP contribution < -0.4 is 15.6 Å². The molecule has 3 aliphatic rings. The number of rotatable bonds is 4. The number of carbonyl (C=O) groups is 1. The van der Waals surface area contributed by atoms with Crippen molar-refractivity contribution in [3.63, 3.8) is 0 Å². The molecule has 0 aliphatic carbocycles.